The van der Waals surface area contributed by atoms with Crippen molar-refractivity contribution in [2.24, 2.45) is 0 Å². The molecule has 0 aliphatic carbocycles. The number of carbonyl (C=O) groups excluding carboxylic acids is 1. The van der Waals surface area contributed by atoms with Gasteiger partial charge >= 0.3 is 0 Å². The second-order valence-corrected chi connectivity index (χ2v) is 5.11. The first-order valence-electron chi connectivity index (χ1n) is 5.93. The maximum absolute atomic E-state index is 12.9. The van der Waals surface area contributed by atoms with Crippen LogP contribution in [-0.2, 0) is 9.53 Å². The summed E-state index contributed by atoms with van der Waals surface area (Å²) in [4.78, 5) is 11.7. The molecule has 0 saturated carbocycles. The predicted molar refractivity (Wildman–Crippen MR) is 65.2 cm³/mol. The van der Waals surface area contributed by atoms with Gasteiger partial charge in [-0.05, 0) is 19.8 Å². The SMILES string of the molecule is CC1(CNC(=O)C2CC(F)(F)CN2)CCCO1.Cl. The average molecular weight is 285 g/mol. The van der Waals surface area contributed by atoms with Crippen molar-refractivity contribution in [3.63, 3.8) is 0 Å². The van der Waals surface area contributed by atoms with Gasteiger partial charge in [0.25, 0.3) is 5.92 Å². The van der Waals surface area contributed by atoms with Crippen LogP contribution in [0.1, 0.15) is 26.2 Å². The maximum Gasteiger partial charge on any atom is 0.262 e. The number of amides is 1. The topological polar surface area (TPSA) is 50.4 Å². The van der Waals surface area contributed by atoms with Gasteiger partial charge in [0.2, 0.25) is 5.91 Å². The Morgan fingerprint density at radius 3 is 2.78 bits per heavy atom. The highest BCUT2D eigenvalue weighted by atomic mass is 35.5. The van der Waals surface area contributed by atoms with Crippen molar-refractivity contribution in [3.05, 3.63) is 0 Å². The Balaban J connectivity index is 0.00000162. The van der Waals surface area contributed by atoms with Crippen molar-refractivity contribution < 1.29 is 18.3 Å². The minimum Gasteiger partial charge on any atom is -0.373 e. The van der Waals surface area contributed by atoms with Crippen LogP contribution in [0.25, 0.3) is 0 Å². The van der Waals surface area contributed by atoms with E-state index in [1.807, 2.05) is 6.92 Å². The van der Waals surface area contributed by atoms with Gasteiger partial charge in [-0.15, -0.1) is 12.4 Å². The van der Waals surface area contributed by atoms with E-state index in [2.05, 4.69) is 10.6 Å². The molecule has 0 aromatic heterocycles. The smallest absolute Gasteiger partial charge is 0.262 e. The largest absolute Gasteiger partial charge is 0.373 e. The fraction of sp³-hybridized carbons (Fsp3) is 0.909. The Hall–Kier alpha value is -0.460. The zero-order chi connectivity index (χ0) is 12.5. The summed E-state index contributed by atoms with van der Waals surface area (Å²) in [5.74, 6) is -3.13. The van der Waals surface area contributed by atoms with Gasteiger partial charge in [0, 0.05) is 19.6 Å². The van der Waals surface area contributed by atoms with Gasteiger partial charge in [0.1, 0.15) is 0 Å². The Kier molecular flexibility index (Phi) is 4.91. The molecule has 1 amide bonds. The molecule has 2 fully saturated rings. The summed E-state index contributed by atoms with van der Waals surface area (Å²) in [5.41, 5.74) is -0.337. The first kappa shape index (κ1) is 15.6. The van der Waals surface area contributed by atoms with Crippen molar-refractivity contribution in [1.29, 1.82) is 0 Å². The monoisotopic (exact) mass is 284 g/mol. The first-order valence-corrected chi connectivity index (χ1v) is 5.93. The average Bonchev–Trinajstić information content (AvgIpc) is 2.82. The molecule has 18 heavy (non-hydrogen) atoms. The van der Waals surface area contributed by atoms with Crippen LogP contribution >= 0.6 is 12.4 Å². The summed E-state index contributed by atoms with van der Waals surface area (Å²) in [7, 11) is 0. The molecular weight excluding hydrogens is 266 g/mol. The van der Waals surface area contributed by atoms with Crippen molar-refractivity contribution in [2.75, 3.05) is 19.7 Å². The minimum atomic E-state index is -2.77. The van der Waals surface area contributed by atoms with Crippen LogP contribution in [0.3, 0.4) is 0 Å². The lowest BCUT2D eigenvalue weighted by Gasteiger charge is -2.24. The summed E-state index contributed by atoms with van der Waals surface area (Å²) in [5, 5.41) is 5.22. The van der Waals surface area contributed by atoms with E-state index in [1.165, 1.54) is 0 Å². The van der Waals surface area contributed by atoms with E-state index in [1.54, 1.807) is 0 Å². The standard InChI is InChI=1S/C11H18F2N2O2.ClH/c1-10(3-2-4-17-10)6-15-9(16)8-5-11(12,13)7-14-8;/h8,14H,2-7H2,1H3,(H,15,16);1H. The summed E-state index contributed by atoms with van der Waals surface area (Å²) in [6.45, 7) is 2.59. The van der Waals surface area contributed by atoms with E-state index in [-0.39, 0.29) is 23.9 Å². The zero-order valence-electron chi connectivity index (χ0n) is 10.3. The molecule has 2 saturated heterocycles. The lowest BCUT2D eigenvalue weighted by Crippen LogP contribution is -2.46. The third-order valence-electron chi connectivity index (χ3n) is 3.36. The highest BCUT2D eigenvalue weighted by Crippen LogP contribution is 2.26. The molecule has 106 valence electrons. The van der Waals surface area contributed by atoms with E-state index in [9.17, 15) is 13.6 Å². The molecule has 2 aliphatic rings. The van der Waals surface area contributed by atoms with Gasteiger partial charge in [0.05, 0.1) is 18.2 Å². The number of nitrogens with one attached hydrogen (secondary N) is 2. The molecule has 0 aromatic carbocycles. The Bertz CT molecular complexity index is 309. The van der Waals surface area contributed by atoms with E-state index < -0.39 is 24.9 Å². The number of carbonyl (C=O) groups is 1. The molecule has 0 spiro atoms. The Morgan fingerprint density at radius 1 is 1.56 bits per heavy atom. The van der Waals surface area contributed by atoms with Gasteiger partial charge in [-0.3, -0.25) is 10.1 Å². The van der Waals surface area contributed by atoms with Crippen LogP contribution in [0.5, 0.6) is 0 Å². The quantitative estimate of drug-likeness (QED) is 0.816. The molecule has 2 unspecified atom stereocenters. The van der Waals surface area contributed by atoms with E-state index in [0.717, 1.165) is 12.8 Å². The number of ether oxygens (including phenoxy) is 1. The molecule has 2 N–H and O–H groups in total. The molecule has 7 heteroatoms. The lowest BCUT2D eigenvalue weighted by atomic mass is 10.0. The summed E-state index contributed by atoms with van der Waals surface area (Å²) in [6, 6.07) is -0.782. The van der Waals surface area contributed by atoms with Crippen molar-refractivity contribution in [3.8, 4) is 0 Å². The van der Waals surface area contributed by atoms with E-state index >= 15 is 0 Å². The minimum absolute atomic E-state index is 0. The van der Waals surface area contributed by atoms with Gasteiger partial charge in [-0.25, -0.2) is 8.78 Å². The maximum atomic E-state index is 12.9. The third-order valence-corrected chi connectivity index (χ3v) is 3.36. The molecule has 4 nitrogen and oxygen atoms in total. The van der Waals surface area contributed by atoms with Crippen LogP contribution < -0.4 is 10.6 Å². The van der Waals surface area contributed by atoms with Gasteiger partial charge < -0.3 is 10.1 Å². The number of halogens is 3. The van der Waals surface area contributed by atoms with Crippen LogP contribution in [-0.4, -0.2) is 43.2 Å². The van der Waals surface area contributed by atoms with Crippen LogP contribution in [0.2, 0.25) is 0 Å². The second-order valence-electron chi connectivity index (χ2n) is 5.11. The molecular formula is C11H19ClF2N2O2. The molecule has 0 bridgehead atoms. The van der Waals surface area contributed by atoms with Gasteiger partial charge in [-0.2, -0.15) is 0 Å². The van der Waals surface area contributed by atoms with Crippen molar-refractivity contribution in [1.82, 2.24) is 10.6 Å². The Labute approximate surface area is 111 Å². The summed E-state index contributed by atoms with van der Waals surface area (Å²) < 4.78 is 31.3. The summed E-state index contributed by atoms with van der Waals surface area (Å²) in [6.07, 6.45) is 1.45. The first-order chi connectivity index (χ1) is 7.90. The molecule has 0 radical (unpaired) electrons. The molecule has 2 atom stereocenters. The van der Waals surface area contributed by atoms with Crippen molar-refractivity contribution in [2.45, 2.75) is 43.8 Å². The van der Waals surface area contributed by atoms with Gasteiger partial charge in [0.15, 0.2) is 0 Å². The molecule has 2 aliphatic heterocycles. The third kappa shape index (κ3) is 3.76. The highest BCUT2D eigenvalue weighted by molar-refractivity contribution is 5.85. The second kappa shape index (κ2) is 5.67. The molecule has 0 aromatic rings. The number of hydrogen-bond donors (Lipinski definition) is 2. The number of hydrogen-bond acceptors (Lipinski definition) is 3. The highest BCUT2D eigenvalue weighted by Gasteiger charge is 2.42. The van der Waals surface area contributed by atoms with Gasteiger partial charge in [-0.1, -0.05) is 0 Å². The van der Waals surface area contributed by atoms with Crippen molar-refractivity contribution >= 4 is 18.3 Å². The molecule has 2 heterocycles. The summed E-state index contributed by atoms with van der Waals surface area (Å²) >= 11 is 0. The Morgan fingerprint density at radius 2 is 2.28 bits per heavy atom. The fourth-order valence-corrected chi connectivity index (χ4v) is 2.27. The van der Waals surface area contributed by atoms with E-state index in [4.69, 9.17) is 4.74 Å². The van der Waals surface area contributed by atoms with Crippen LogP contribution in [0.4, 0.5) is 8.78 Å². The normalized spacial score (nSPS) is 34.1. The lowest BCUT2D eigenvalue weighted by molar-refractivity contribution is -0.124. The predicted octanol–water partition coefficient (Wildman–Crippen LogP) is 1.09. The van der Waals surface area contributed by atoms with Crippen LogP contribution in [0, 0.1) is 0 Å². The number of rotatable bonds is 3. The number of alkyl halides is 2. The molecule has 2 rings (SSSR count). The van der Waals surface area contributed by atoms with E-state index in [0.29, 0.717) is 13.2 Å². The fourth-order valence-electron chi connectivity index (χ4n) is 2.27. The van der Waals surface area contributed by atoms with Crippen LogP contribution in [0.15, 0.2) is 0 Å². The zero-order valence-corrected chi connectivity index (χ0v) is 11.1.